The highest BCUT2D eigenvalue weighted by Gasteiger charge is 2.35. The molecule has 7 heteroatoms. The van der Waals surface area contributed by atoms with Gasteiger partial charge in [-0.25, -0.2) is 0 Å². The summed E-state index contributed by atoms with van der Waals surface area (Å²) in [5.41, 5.74) is -0.764. The molecule has 0 spiro atoms. The molecule has 2 heterocycles. The van der Waals surface area contributed by atoms with Crippen molar-refractivity contribution < 1.29 is 19.2 Å². The highest BCUT2D eigenvalue weighted by Crippen LogP contribution is 2.24. The van der Waals surface area contributed by atoms with E-state index in [2.05, 4.69) is 5.10 Å². The fourth-order valence-corrected chi connectivity index (χ4v) is 2.04. The summed E-state index contributed by atoms with van der Waals surface area (Å²) < 4.78 is 18.8. The number of aliphatic hydroxyl groups is 1. The SMILES string of the molecule is CC(C)(O)C(C)(C)O[B]c1cnn(CCOC2CCCCO2)c1. The lowest BCUT2D eigenvalue weighted by atomic mass is 9.84. The van der Waals surface area contributed by atoms with E-state index < -0.39 is 11.2 Å². The van der Waals surface area contributed by atoms with Crippen LogP contribution >= 0.6 is 0 Å². The molecule has 1 unspecified atom stereocenters. The van der Waals surface area contributed by atoms with Crippen molar-refractivity contribution in [2.24, 2.45) is 0 Å². The number of hydrogen-bond donors (Lipinski definition) is 1. The van der Waals surface area contributed by atoms with Crippen molar-refractivity contribution in [3.05, 3.63) is 12.4 Å². The van der Waals surface area contributed by atoms with Crippen molar-refractivity contribution in [3.8, 4) is 0 Å². The van der Waals surface area contributed by atoms with Crippen molar-refractivity contribution in [2.75, 3.05) is 13.2 Å². The Morgan fingerprint density at radius 2 is 2.17 bits per heavy atom. The molecule has 1 aromatic heterocycles. The molecule has 0 aromatic carbocycles. The average Bonchev–Trinajstić information content (AvgIpc) is 2.93. The van der Waals surface area contributed by atoms with Crippen molar-refractivity contribution in [1.29, 1.82) is 0 Å². The van der Waals surface area contributed by atoms with Gasteiger partial charge in [0, 0.05) is 19.0 Å². The summed E-state index contributed by atoms with van der Waals surface area (Å²) in [4.78, 5) is 0. The molecule has 6 nitrogen and oxygen atoms in total. The van der Waals surface area contributed by atoms with Crippen molar-refractivity contribution in [3.63, 3.8) is 0 Å². The van der Waals surface area contributed by atoms with Gasteiger partial charge < -0.3 is 19.2 Å². The topological polar surface area (TPSA) is 65.7 Å². The molecule has 1 aliphatic rings. The lowest BCUT2D eigenvalue weighted by molar-refractivity contribution is -0.163. The standard InChI is InChI=1S/C16H28BN2O4/c1-15(2,20)16(3,4)23-17-13-11-18-19(12-13)8-10-22-14-7-5-6-9-21-14/h11-12,14,20H,5-10H2,1-4H3. The monoisotopic (exact) mass is 323 g/mol. The zero-order valence-corrected chi connectivity index (χ0v) is 14.6. The van der Waals surface area contributed by atoms with Crippen LogP contribution in [0.2, 0.25) is 0 Å². The van der Waals surface area contributed by atoms with Gasteiger partial charge in [-0.05, 0) is 52.4 Å². The normalized spacial score (nSPS) is 19.8. The number of rotatable bonds is 8. The van der Waals surface area contributed by atoms with Crippen LogP contribution in [0.25, 0.3) is 0 Å². The number of nitrogens with zero attached hydrogens (tertiary/aromatic N) is 2. The number of aromatic nitrogens is 2. The van der Waals surface area contributed by atoms with Crippen LogP contribution in [0.15, 0.2) is 12.4 Å². The van der Waals surface area contributed by atoms with Gasteiger partial charge in [0.1, 0.15) is 0 Å². The maximum absolute atomic E-state index is 10.1. The third kappa shape index (κ3) is 5.60. The summed E-state index contributed by atoms with van der Waals surface area (Å²) in [7, 11) is 1.63. The smallest absolute Gasteiger partial charge is 0.334 e. The van der Waals surface area contributed by atoms with Gasteiger partial charge in [-0.1, -0.05) is 0 Å². The molecule has 2 rings (SSSR count). The van der Waals surface area contributed by atoms with Gasteiger partial charge in [-0.3, -0.25) is 4.68 Å². The van der Waals surface area contributed by atoms with Crippen molar-refractivity contribution in [2.45, 2.75) is 71.0 Å². The van der Waals surface area contributed by atoms with Crippen LogP contribution in [0.5, 0.6) is 0 Å². The lowest BCUT2D eigenvalue weighted by Crippen LogP contribution is -2.49. The summed E-state index contributed by atoms with van der Waals surface area (Å²) in [5.74, 6) is 0. The highest BCUT2D eigenvalue weighted by molar-refractivity contribution is 6.46. The molecule has 0 bridgehead atoms. The fourth-order valence-electron chi connectivity index (χ4n) is 2.04. The maximum Gasteiger partial charge on any atom is 0.334 e. The first kappa shape index (κ1) is 18.5. The first-order chi connectivity index (χ1) is 10.8. The van der Waals surface area contributed by atoms with Crippen molar-refractivity contribution >= 4 is 12.9 Å². The largest absolute Gasteiger partial charge is 0.427 e. The van der Waals surface area contributed by atoms with Crippen LogP contribution in [-0.2, 0) is 20.7 Å². The van der Waals surface area contributed by atoms with Gasteiger partial charge in [0.2, 0.25) is 0 Å². The Hall–Kier alpha value is -0.885. The Morgan fingerprint density at radius 3 is 2.83 bits per heavy atom. The zero-order valence-electron chi connectivity index (χ0n) is 14.6. The minimum atomic E-state index is -0.937. The van der Waals surface area contributed by atoms with Gasteiger partial charge in [-0.2, -0.15) is 5.10 Å². The third-order valence-corrected chi connectivity index (χ3v) is 4.38. The Morgan fingerprint density at radius 1 is 1.39 bits per heavy atom. The Kier molecular flexibility index (Phi) is 6.25. The molecule has 1 atom stereocenters. The van der Waals surface area contributed by atoms with Gasteiger partial charge in [0.25, 0.3) is 0 Å². The number of ether oxygens (including phenoxy) is 2. The van der Waals surface area contributed by atoms with E-state index in [-0.39, 0.29) is 6.29 Å². The molecule has 129 valence electrons. The molecule has 1 radical (unpaired) electrons. The van der Waals surface area contributed by atoms with E-state index in [1.807, 2.05) is 24.7 Å². The summed E-state index contributed by atoms with van der Waals surface area (Å²) in [5, 5.41) is 14.4. The summed E-state index contributed by atoms with van der Waals surface area (Å²) >= 11 is 0. The highest BCUT2D eigenvalue weighted by atomic mass is 16.7. The molecular formula is C16H28BN2O4. The molecule has 1 saturated heterocycles. The zero-order chi connectivity index (χ0) is 16.9. The Balaban J connectivity index is 1.72. The van der Waals surface area contributed by atoms with Gasteiger partial charge >= 0.3 is 7.48 Å². The quantitative estimate of drug-likeness (QED) is 0.729. The van der Waals surface area contributed by atoms with Crippen LogP contribution < -0.4 is 5.46 Å². The van der Waals surface area contributed by atoms with E-state index in [0.29, 0.717) is 13.2 Å². The van der Waals surface area contributed by atoms with Crippen molar-refractivity contribution in [1.82, 2.24) is 9.78 Å². The molecule has 0 aliphatic carbocycles. The molecule has 1 aliphatic heterocycles. The molecule has 23 heavy (non-hydrogen) atoms. The third-order valence-electron chi connectivity index (χ3n) is 4.38. The van der Waals surface area contributed by atoms with Crippen LogP contribution in [-0.4, -0.2) is 53.1 Å². The second kappa shape index (κ2) is 7.79. The van der Waals surface area contributed by atoms with E-state index >= 15 is 0 Å². The second-order valence-electron chi connectivity index (χ2n) is 7.01. The average molecular weight is 323 g/mol. The molecular weight excluding hydrogens is 295 g/mol. The van der Waals surface area contributed by atoms with E-state index in [1.165, 1.54) is 6.42 Å². The Labute approximate surface area is 139 Å². The van der Waals surface area contributed by atoms with Crippen LogP contribution in [0.4, 0.5) is 0 Å². The predicted octanol–water partition coefficient (Wildman–Crippen LogP) is 1.24. The van der Waals surface area contributed by atoms with Crippen LogP contribution in [0.1, 0.15) is 47.0 Å². The summed E-state index contributed by atoms with van der Waals surface area (Å²) in [6.07, 6.45) is 6.82. The molecule has 1 fully saturated rings. The first-order valence-electron chi connectivity index (χ1n) is 8.27. The van der Waals surface area contributed by atoms with Gasteiger partial charge in [0.15, 0.2) is 6.29 Å². The predicted molar refractivity (Wildman–Crippen MR) is 88.6 cm³/mol. The molecule has 0 saturated carbocycles. The molecule has 1 N–H and O–H groups in total. The van der Waals surface area contributed by atoms with E-state index in [4.69, 9.17) is 14.1 Å². The van der Waals surface area contributed by atoms with Gasteiger partial charge in [-0.15, -0.1) is 0 Å². The minimum absolute atomic E-state index is 0.0683. The summed E-state index contributed by atoms with van der Waals surface area (Å²) in [6.45, 7) is 9.20. The number of hydrogen-bond acceptors (Lipinski definition) is 5. The van der Waals surface area contributed by atoms with Gasteiger partial charge in [0.05, 0.1) is 24.4 Å². The van der Waals surface area contributed by atoms with Crippen LogP contribution in [0, 0.1) is 0 Å². The fraction of sp³-hybridized carbons (Fsp3) is 0.812. The first-order valence-corrected chi connectivity index (χ1v) is 8.27. The maximum atomic E-state index is 10.1. The molecule has 0 amide bonds. The lowest BCUT2D eigenvalue weighted by Gasteiger charge is -2.37. The summed E-state index contributed by atoms with van der Waals surface area (Å²) in [6, 6.07) is 0. The van der Waals surface area contributed by atoms with E-state index in [9.17, 15) is 5.11 Å². The Bertz CT molecular complexity index is 479. The van der Waals surface area contributed by atoms with E-state index in [0.717, 1.165) is 24.9 Å². The second-order valence-corrected chi connectivity index (χ2v) is 7.01. The van der Waals surface area contributed by atoms with E-state index in [1.54, 1.807) is 27.5 Å². The molecule has 1 aromatic rings. The van der Waals surface area contributed by atoms with Crippen LogP contribution in [0.3, 0.4) is 0 Å². The minimum Gasteiger partial charge on any atom is -0.427 e.